The molecule has 2 aromatic carbocycles. The fourth-order valence-electron chi connectivity index (χ4n) is 3.42. The van der Waals surface area contributed by atoms with Crippen LogP contribution < -0.4 is 10.1 Å². The van der Waals surface area contributed by atoms with E-state index >= 15 is 0 Å². The van der Waals surface area contributed by atoms with Crippen molar-refractivity contribution in [2.24, 2.45) is 0 Å². The lowest BCUT2D eigenvalue weighted by atomic mass is 10.0. The van der Waals surface area contributed by atoms with Crippen LogP contribution in [0.5, 0.6) is 5.75 Å². The van der Waals surface area contributed by atoms with E-state index in [4.69, 9.17) is 4.74 Å². The topological polar surface area (TPSA) is 88.6 Å². The van der Waals surface area contributed by atoms with Gasteiger partial charge in [-0.15, -0.1) is 11.3 Å². The first-order valence-electron chi connectivity index (χ1n) is 9.73. The first kappa shape index (κ1) is 20.7. The molecule has 1 aliphatic heterocycles. The Kier molecular flexibility index (Phi) is 5.56. The minimum Gasteiger partial charge on any atom is -0.497 e. The first-order chi connectivity index (χ1) is 14.9. The van der Waals surface area contributed by atoms with Gasteiger partial charge in [-0.1, -0.05) is 12.1 Å². The zero-order valence-corrected chi connectivity index (χ0v) is 18.2. The molecule has 158 valence electrons. The van der Waals surface area contributed by atoms with Gasteiger partial charge in [-0.3, -0.25) is 19.3 Å². The Morgan fingerprint density at radius 3 is 2.48 bits per heavy atom. The Labute approximate surface area is 183 Å². The predicted octanol–water partition coefficient (Wildman–Crippen LogP) is 3.75. The maximum absolute atomic E-state index is 12.9. The van der Waals surface area contributed by atoms with Gasteiger partial charge in [-0.25, -0.2) is 4.98 Å². The molecule has 3 amide bonds. The average Bonchev–Trinajstić information content (AvgIpc) is 3.31. The molecule has 0 saturated heterocycles. The van der Waals surface area contributed by atoms with Gasteiger partial charge in [0, 0.05) is 10.9 Å². The van der Waals surface area contributed by atoms with Crippen molar-refractivity contribution in [1.82, 2.24) is 15.2 Å². The van der Waals surface area contributed by atoms with E-state index in [2.05, 4.69) is 10.3 Å². The summed E-state index contributed by atoms with van der Waals surface area (Å²) in [6.07, 6.45) is 0. The zero-order chi connectivity index (χ0) is 22.1. The number of fused-ring (bicyclic) bond motifs is 1. The van der Waals surface area contributed by atoms with E-state index in [-0.39, 0.29) is 30.0 Å². The molecule has 0 fully saturated rings. The summed E-state index contributed by atoms with van der Waals surface area (Å²) in [5.74, 6) is -0.402. The van der Waals surface area contributed by atoms with Crippen LogP contribution in [0.15, 0.2) is 47.8 Å². The Morgan fingerprint density at radius 2 is 1.84 bits per heavy atom. The van der Waals surface area contributed by atoms with Gasteiger partial charge in [0.1, 0.15) is 5.75 Å². The minimum atomic E-state index is -0.409. The van der Waals surface area contributed by atoms with Crippen LogP contribution in [-0.4, -0.2) is 34.7 Å². The van der Waals surface area contributed by atoms with Gasteiger partial charge < -0.3 is 10.1 Å². The Balaban J connectivity index is 1.51. The van der Waals surface area contributed by atoms with E-state index in [1.54, 1.807) is 25.3 Å². The number of carbonyl (C=O) groups excluding carboxylic acids is 3. The lowest BCUT2D eigenvalue weighted by molar-refractivity contribution is 0.0642. The summed E-state index contributed by atoms with van der Waals surface area (Å²) in [5, 5.41) is 5.72. The Bertz CT molecular complexity index is 1170. The summed E-state index contributed by atoms with van der Waals surface area (Å²) in [6.45, 7) is 3.91. The van der Waals surface area contributed by atoms with Crippen molar-refractivity contribution in [2.75, 3.05) is 7.11 Å². The molecule has 3 aromatic rings. The molecule has 1 atom stereocenters. The number of amides is 3. The molecule has 0 spiro atoms. The van der Waals surface area contributed by atoms with Crippen molar-refractivity contribution < 1.29 is 19.1 Å². The van der Waals surface area contributed by atoms with E-state index in [0.717, 1.165) is 16.3 Å². The van der Waals surface area contributed by atoms with Crippen molar-refractivity contribution >= 4 is 29.1 Å². The maximum Gasteiger partial charge on any atom is 0.261 e. The molecule has 1 unspecified atom stereocenters. The van der Waals surface area contributed by atoms with E-state index in [1.807, 2.05) is 31.4 Å². The average molecular weight is 436 g/mol. The van der Waals surface area contributed by atoms with E-state index in [1.165, 1.54) is 28.4 Å². The standard InChI is InChI=1S/C23H21N3O4S/c1-13(20-12-31-14(2)25-20)24-21(27)16-6-9-18-19(10-16)23(29)26(22(18)28)11-15-4-7-17(30-3)8-5-15/h4-10,12-13H,11H2,1-3H3,(H,24,27). The van der Waals surface area contributed by atoms with Crippen LogP contribution in [0.2, 0.25) is 0 Å². The number of ether oxygens (including phenoxy) is 1. The molecule has 0 bridgehead atoms. The second-order valence-corrected chi connectivity index (χ2v) is 8.35. The number of nitrogens with one attached hydrogen (secondary N) is 1. The van der Waals surface area contributed by atoms with Gasteiger partial charge in [0.05, 0.1) is 41.5 Å². The van der Waals surface area contributed by atoms with Gasteiger partial charge >= 0.3 is 0 Å². The van der Waals surface area contributed by atoms with Crippen molar-refractivity contribution in [3.8, 4) is 5.75 Å². The molecule has 1 aliphatic rings. The third-order valence-electron chi connectivity index (χ3n) is 5.16. The molecule has 1 aromatic heterocycles. The molecular weight excluding hydrogens is 414 g/mol. The van der Waals surface area contributed by atoms with Gasteiger partial charge in [0.25, 0.3) is 17.7 Å². The number of imide groups is 1. The molecule has 0 saturated carbocycles. The smallest absolute Gasteiger partial charge is 0.261 e. The van der Waals surface area contributed by atoms with Crippen molar-refractivity contribution in [1.29, 1.82) is 0 Å². The van der Waals surface area contributed by atoms with Crippen molar-refractivity contribution in [3.63, 3.8) is 0 Å². The molecule has 31 heavy (non-hydrogen) atoms. The van der Waals surface area contributed by atoms with Crippen LogP contribution in [0.3, 0.4) is 0 Å². The SMILES string of the molecule is COc1ccc(CN2C(=O)c3ccc(C(=O)NC(C)c4csc(C)n4)cc3C2=O)cc1. The maximum atomic E-state index is 12.9. The highest BCUT2D eigenvalue weighted by molar-refractivity contribution is 7.09. The quantitative estimate of drug-likeness (QED) is 0.596. The number of hydrogen-bond donors (Lipinski definition) is 1. The summed E-state index contributed by atoms with van der Waals surface area (Å²) in [4.78, 5) is 43.9. The number of aromatic nitrogens is 1. The highest BCUT2D eigenvalue weighted by Gasteiger charge is 2.36. The van der Waals surface area contributed by atoms with E-state index < -0.39 is 5.91 Å². The van der Waals surface area contributed by atoms with E-state index in [9.17, 15) is 14.4 Å². The summed E-state index contributed by atoms with van der Waals surface area (Å²) in [6, 6.07) is 11.5. The molecule has 7 nitrogen and oxygen atoms in total. The van der Waals surface area contributed by atoms with Crippen molar-refractivity contribution in [2.45, 2.75) is 26.4 Å². The normalized spacial score (nSPS) is 13.8. The number of rotatable bonds is 6. The second kappa shape index (κ2) is 8.31. The molecule has 0 aliphatic carbocycles. The highest BCUT2D eigenvalue weighted by Crippen LogP contribution is 2.26. The van der Waals surface area contributed by atoms with Gasteiger partial charge in [0.15, 0.2) is 0 Å². The van der Waals surface area contributed by atoms with Crippen molar-refractivity contribution in [3.05, 3.63) is 80.8 Å². The number of nitrogens with zero attached hydrogens (tertiary/aromatic N) is 2. The summed E-state index contributed by atoms with van der Waals surface area (Å²) >= 11 is 1.52. The second-order valence-electron chi connectivity index (χ2n) is 7.29. The van der Waals surface area contributed by atoms with E-state index in [0.29, 0.717) is 16.9 Å². The fraction of sp³-hybridized carbons (Fsp3) is 0.217. The number of hydrogen-bond acceptors (Lipinski definition) is 6. The number of methoxy groups -OCH3 is 1. The lowest BCUT2D eigenvalue weighted by Crippen LogP contribution is -2.29. The molecule has 4 rings (SSSR count). The molecule has 8 heteroatoms. The van der Waals surface area contributed by atoms with Crippen LogP contribution >= 0.6 is 11.3 Å². The van der Waals surface area contributed by atoms with Crippen LogP contribution in [0, 0.1) is 6.92 Å². The third kappa shape index (κ3) is 4.06. The lowest BCUT2D eigenvalue weighted by Gasteiger charge is -2.14. The zero-order valence-electron chi connectivity index (χ0n) is 17.3. The number of aryl methyl sites for hydroxylation is 1. The number of benzene rings is 2. The number of carbonyl (C=O) groups is 3. The Hall–Kier alpha value is -3.52. The van der Waals surface area contributed by atoms with Crippen LogP contribution in [0.4, 0.5) is 0 Å². The van der Waals surface area contributed by atoms with Crippen LogP contribution in [0.1, 0.15) is 60.3 Å². The predicted molar refractivity (Wildman–Crippen MR) is 116 cm³/mol. The summed E-state index contributed by atoms with van der Waals surface area (Å²) in [7, 11) is 1.57. The Morgan fingerprint density at radius 1 is 1.13 bits per heavy atom. The highest BCUT2D eigenvalue weighted by atomic mass is 32.1. The molecule has 1 N–H and O–H groups in total. The van der Waals surface area contributed by atoms with Gasteiger partial charge in [0.2, 0.25) is 0 Å². The minimum absolute atomic E-state index is 0.151. The number of thiazole rings is 1. The van der Waals surface area contributed by atoms with Crippen LogP contribution in [0.25, 0.3) is 0 Å². The van der Waals surface area contributed by atoms with Gasteiger partial charge in [-0.05, 0) is 49.7 Å². The molecule has 2 heterocycles. The third-order valence-corrected chi connectivity index (χ3v) is 5.95. The largest absolute Gasteiger partial charge is 0.497 e. The van der Waals surface area contributed by atoms with Crippen LogP contribution in [-0.2, 0) is 6.54 Å². The summed E-state index contributed by atoms with van der Waals surface area (Å²) in [5.41, 5.74) is 2.46. The van der Waals surface area contributed by atoms with Gasteiger partial charge in [-0.2, -0.15) is 0 Å². The first-order valence-corrected chi connectivity index (χ1v) is 10.6. The summed E-state index contributed by atoms with van der Waals surface area (Å²) < 4.78 is 5.14. The monoisotopic (exact) mass is 435 g/mol. The molecule has 0 radical (unpaired) electrons. The molecular formula is C23H21N3O4S. The fourth-order valence-corrected chi connectivity index (χ4v) is 4.13.